The van der Waals surface area contributed by atoms with Crippen molar-refractivity contribution in [2.45, 2.75) is 38.2 Å². The molecule has 0 aliphatic carbocycles. The van der Waals surface area contributed by atoms with Crippen molar-refractivity contribution >= 4 is 49.1 Å². The fraction of sp³-hybridized carbons (Fsp3) is 0.111. The van der Waals surface area contributed by atoms with Crippen molar-refractivity contribution in [3.05, 3.63) is 210 Å². The third-order valence-electron chi connectivity index (χ3n) is 10.3. The van der Waals surface area contributed by atoms with Crippen molar-refractivity contribution in [1.29, 1.82) is 0 Å². The van der Waals surface area contributed by atoms with E-state index in [1.165, 1.54) is 36.4 Å². The number of aryl methyl sites for hydroxylation is 6. The van der Waals surface area contributed by atoms with E-state index in [0.717, 1.165) is 39.9 Å². The number of fused-ring (bicyclic) bond motifs is 6. The summed E-state index contributed by atoms with van der Waals surface area (Å²) in [5.41, 5.74) is 2.66. The summed E-state index contributed by atoms with van der Waals surface area (Å²) in [4.78, 5) is 18.1. The summed E-state index contributed by atoms with van der Waals surface area (Å²) < 4.78 is 116. The summed E-state index contributed by atoms with van der Waals surface area (Å²) in [6.07, 6.45) is -11.4. The fourth-order valence-corrected chi connectivity index (χ4v) is 7.56. The molecule has 5 nitrogen and oxygen atoms in total. The summed E-state index contributed by atoms with van der Waals surface area (Å²) in [7, 11) is 0. The van der Waals surface area contributed by atoms with Gasteiger partial charge in [-0.25, -0.2) is 4.98 Å². The monoisotopic (exact) mass is 961 g/mol. The first-order valence-electron chi connectivity index (χ1n) is 25.0. The van der Waals surface area contributed by atoms with Gasteiger partial charge in [0.05, 0.1) is 0 Å². The van der Waals surface area contributed by atoms with Crippen molar-refractivity contribution in [2.24, 2.45) is 0 Å². The number of aromatic nitrogens is 5. The molecule has 5 aromatic carbocycles. The number of pyridine rings is 5. The van der Waals surface area contributed by atoms with Gasteiger partial charge in [0, 0.05) is 68.6 Å². The van der Waals surface area contributed by atoms with Gasteiger partial charge in [0.15, 0.2) is 0 Å². The van der Waals surface area contributed by atoms with E-state index >= 15 is 0 Å². The van der Waals surface area contributed by atoms with E-state index in [1.807, 2.05) is 34.7 Å². The van der Waals surface area contributed by atoms with Crippen LogP contribution in [0.2, 0.25) is 0 Å². The number of hydrogen-bond donors (Lipinski definition) is 0. The first-order valence-corrected chi connectivity index (χ1v) is 19.0. The maximum Gasteiger partial charge on any atom is 3.00 e. The van der Waals surface area contributed by atoms with E-state index in [0.29, 0.717) is 50.0 Å². The summed E-state index contributed by atoms with van der Waals surface area (Å²) in [6.45, 7) is 0. The number of benzene rings is 5. The van der Waals surface area contributed by atoms with Crippen LogP contribution >= 0.6 is 0 Å². The van der Waals surface area contributed by atoms with Gasteiger partial charge in [-0.3, -0.25) is 0 Å². The molecule has 0 aliphatic rings. The number of hydrogen-bond acceptors (Lipinski definition) is 4. The molecule has 0 bridgehead atoms. The maximum absolute atomic E-state index is 9.68. The minimum atomic E-state index is -3.12. The van der Waals surface area contributed by atoms with Crippen molar-refractivity contribution in [3.63, 3.8) is 0 Å². The molecule has 6 heterocycles. The first-order chi connectivity index (χ1) is 33.7. The molecule has 0 saturated carbocycles. The van der Waals surface area contributed by atoms with Gasteiger partial charge in [-0.05, 0) is 70.8 Å². The molecule has 0 spiro atoms. The number of rotatable bonds is 11. The Hall–Kier alpha value is -6.59. The predicted molar refractivity (Wildman–Crippen MR) is 239 cm³/mol. The summed E-state index contributed by atoms with van der Waals surface area (Å²) in [6, 6.07) is 43.8. The van der Waals surface area contributed by atoms with Gasteiger partial charge < -0.3 is 19.4 Å². The Kier molecular flexibility index (Phi) is 7.16. The molecule has 11 aromatic rings. The van der Waals surface area contributed by atoms with Crippen LogP contribution < -0.4 is 0 Å². The van der Waals surface area contributed by atoms with Gasteiger partial charge in [0.25, 0.3) is 0 Å². The predicted octanol–water partition coefficient (Wildman–Crippen LogP) is 11.7. The standard InChI is InChI=1S/C54H38N5.Ir/c1-2-8-47-44(7-1)46-27-30-57-52-45-26-21-38(34-48(45)51-35-58-54(47)59(51)53(46)52)13-16-41-32-39(14-11-36-17-22-42(23-18-36)49-9-3-5-28-55-49)31-40(33-41)15-12-37-19-24-43(25-20-37)50-10-4-6-29-56-50;/h1-10,17-22,24,27-35H,11-16H2;/q-3;+3/i11D2,12D2,13D2,14D2,15D2,16D2;. The van der Waals surface area contributed by atoms with Gasteiger partial charge in [0.2, 0.25) is 0 Å². The van der Waals surface area contributed by atoms with E-state index in [-0.39, 0.29) is 36.8 Å². The zero-order valence-electron chi connectivity index (χ0n) is 43.6. The van der Waals surface area contributed by atoms with Crippen LogP contribution in [0.5, 0.6) is 0 Å². The third kappa shape index (κ3) is 7.12. The Bertz CT molecular complexity index is 3710. The quantitative estimate of drug-likeness (QED) is 0.0736. The fourth-order valence-electron chi connectivity index (χ4n) is 7.56. The topological polar surface area (TPSA) is 56.0 Å². The molecular formula is C54H38IrN5. The zero-order valence-corrected chi connectivity index (χ0v) is 34.0. The zero-order chi connectivity index (χ0) is 49.9. The molecule has 0 saturated heterocycles. The molecule has 0 fully saturated rings. The van der Waals surface area contributed by atoms with Crippen molar-refractivity contribution < 1.29 is 36.6 Å². The average molecular weight is 961 g/mol. The molecule has 6 heteroatoms. The van der Waals surface area contributed by atoms with E-state index in [9.17, 15) is 16.4 Å². The molecule has 0 amide bonds. The Morgan fingerprint density at radius 1 is 0.467 bits per heavy atom. The van der Waals surface area contributed by atoms with E-state index in [1.54, 1.807) is 73.3 Å². The van der Waals surface area contributed by atoms with Crippen LogP contribution in [-0.4, -0.2) is 24.3 Å². The molecule has 0 unspecified atom stereocenters. The normalized spacial score (nSPS) is 16.0. The number of imidazole rings is 1. The van der Waals surface area contributed by atoms with Crippen molar-refractivity contribution in [3.8, 4) is 22.5 Å². The van der Waals surface area contributed by atoms with E-state index < -0.39 is 54.9 Å². The molecular weight excluding hydrogens is 911 g/mol. The number of nitrogens with zero attached hydrogens (tertiary/aromatic N) is 5. The van der Waals surface area contributed by atoms with Gasteiger partial charge >= 0.3 is 20.1 Å². The molecule has 0 N–H and O–H groups in total. The van der Waals surface area contributed by atoms with Gasteiger partial charge in [-0.1, -0.05) is 91.2 Å². The maximum atomic E-state index is 9.68. The molecule has 60 heavy (non-hydrogen) atoms. The third-order valence-corrected chi connectivity index (χ3v) is 10.3. The van der Waals surface area contributed by atoms with Gasteiger partial charge in [-0.15, -0.1) is 99.9 Å². The second-order valence-electron chi connectivity index (χ2n) is 14.0. The molecule has 0 aliphatic heterocycles. The van der Waals surface area contributed by atoms with Crippen molar-refractivity contribution in [2.75, 3.05) is 0 Å². The van der Waals surface area contributed by atoms with Crippen LogP contribution in [0.25, 0.3) is 71.6 Å². The molecule has 288 valence electrons. The SMILES string of the molecule is [2H]C([2H])(c1c[c-]c(-c2ccccn2)cc1)C([2H])([2H])c1cc(C([2H])([2H])C([2H])([2H])c2c[c-]c(-c3ccccn3)cc2)cc(C([2H])([2H])C([2H])([2H])c2c[c-]c3c(c2)c2cnc4c5ccccc5c5ccnc3c5n24)c1.[Ir+3]. The van der Waals surface area contributed by atoms with Crippen LogP contribution in [-0.2, 0) is 58.3 Å². The molecule has 6 aromatic heterocycles. The Labute approximate surface area is 379 Å². The molecule has 11 rings (SSSR count). The molecule has 0 atom stereocenters. The Morgan fingerprint density at radius 2 is 1.03 bits per heavy atom. The summed E-state index contributed by atoms with van der Waals surface area (Å²) in [5, 5.41) is 3.83. The van der Waals surface area contributed by atoms with Crippen LogP contribution in [0.4, 0.5) is 0 Å². The summed E-state index contributed by atoms with van der Waals surface area (Å²) >= 11 is 0. The first kappa shape index (κ1) is 26.5. The second-order valence-corrected chi connectivity index (χ2v) is 14.0. The van der Waals surface area contributed by atoms with Crippen LogP contribution in [0.3, 0.4) is 0 Å². The molecule has 0 radical (unpaired) electrons. The minimum Gasteiger partial charge on any atom is -0.307 e. The minimum absolute atomic E-state index is 0. The largest absolute Gasteiger partial charge is 3.00 e. The van der Waals surface area contributed by atoms with Crippen LogP contribution in [0.15, 0.2) is 158 Å². The average Bonchev–Trinajstić information content (AvgIpc) is 3.85. The van der Waals surface area contributed by atoms with Gasteiger partial charge in [0.1, 0.15) is 5.65 Å². The summed E-state index contributed by atoms with van der Waals surface area (Å²) in [5.74, 6) is 0. The second kappa shape index (κ2) is 16.2. The smallest absolute Gasteiger partial charge is 0.307 e. The van der Waals surface area contributed by atoms with E-state index in [4.69, 9.17) is 9.97 Å². The Balaban J connectivity index is 0.00000596. The van der Waals surface area contributed by atoms with E-state index in [2.05, 4.69) is 28.2 Å². The Morgan fingerprint density at radius 3 is 1.62 bits per heavy atom. The van der Waals surface area contributed by atoms with Crippen molar-refractivity contribution in [1.82, 2.24) is 24.3 Å². The van der Waals surface area contributed by atoms with Gasteiger partial charge in [-0.2, -0.15) is 0 Å². The van der Waals surface area contributed by atoms with Crippen LogP contribution in [0.1, 0.15) is 49.8 Å². The van der Waals surface area contributed by atoms with Crippen LogP contribution in [0, 0.1) is 18.2 Å².